The van der Waals surface area contributed by atoms with E-state index in [0.29, 0.717) is 0 Å². The average Bonchev–Trinajstić information content (AvgIpc) is 2.10. The average molecular weight is 236 g/mol. The van der Waals surface area contributed by atoms with Crippen LogP contribution in [0.15, 0.2) is 0 Å². The fraction of sp³-hybridized carbons (Fsp3) is 0.571. The molecule has 15 heavy (non-hydrogen) atoms. The third kappa shape index (κ3) is 4.66. The topological polar surface area (TPSA) is 107 Å². The monoisotopic (exact) mass is 236 g/mol. The molecule has 0 unspecified atom stereocenters. The van der Waals surface area contributed by atoms with Crippen LogP contribution in [0.1, 0.15) is 6.92 Å². The van der Waals surface area contributed by atoms with Gasteiger partial charge in [-0.05, 0) is 0 Å². The first-order valence-corrected chi connectivity index (χ1v) is 4.62. The summed E-state index contributed by atoms with van der Waals surface area (Å²) in [4.78, 5) is 32.0. The molecule has 0 rings (SSSR count). The van der Waals surface area contributed by atoms with Crippen LogP contribution in [-0.4, -0.2) is 51.4 Å². The summed E-state index contributed by atoms with van der Waals surface area (Å²) in [7, 11) is 0. The molecule has 0 aromatic carbocycles. The smallest absolute Gasteiger partial charge is 0.328 e. The number of rotatable bonds is 6. The maximum atomic E-state index is 11.0. The SMILES string of the molecule is CC(=O)N(NCC(=O)O)[C@@H](CS)C(=O)O. The lowest BCUT2D eigenvalue weighted by Gasteiger charge is -2.26. The van der Waals surface area contributed by atoms with Gasteiger partial charge in [0.05, 0.1) is 0 Å². The fourth-order valence-electron chi connectivity index (χ4n) is 0.864. The second kappa shape index (κ2) is 6.25. The van der Waals surface area contributed by atoms with Crippen LogP contribution in [0.4, 0.5) is 0 Å². The van der Waals surface area contributed by atoms with E-state index in [1.54, 1.807) is 0 Å². The molecule has 1 atom stereocenters. The van der Waals surface area contributed by atoms with Gasteiger partial charge >= 0.3 is 11.9 Å². The first kappa shape index (κ1) is 13.7. The van der Waals surface area contributed by atoms with E-state index < -0.39 is 30.4 Å². The highest BCUT2D eigenvalue weighted by molar-refractivity contribution is 7.80. The summed E-state index contributed by atoms with van der Waals surface area (Å²) in [6.07, 6.45) is 0. The van der Waals surface area contributed by atoms with Crippen LogP contribution in [0.5, 0.6) is 0 Å². The minimum Gasteiger partial charge on any atom is -0.480 e. The first-order valence-electron chi connectivity index (χ1n) is 3.99. The summed E-state index contributed by atoms with van der Waals surface area (Å²) in [5.41, 5.74) is 2.21. The number of aliphatic carboxylic acids is 2. The molecule has 0 saturated heterocycles. The van der Waals surface area contributed by atoms with Crippen molar-refractivity contribution in [2.45, 2.75) is 13.0 Å². The number of thiol groups is 1. The number of carbonyl (C=O) groups excluding carboxylic acids is 1. The van der Waals surface area contributed by atoms with Gasteiger partial charge in [-0.3, -0.25) is 14.6 Å². The molecule has 3 N–H and O–H groups in total. The molecule has 0 aliphatic rings. The van der Waals surface area contributed by atoms with Gasteiger partial charge < -0.3 is 10.2 Å². The molecule has 0 aliphatic heterocycles. The van der Waals surface area contributed by atoms with Crippen LogP contribution in [0.25, 0.3) is 0 Å². The van der Waals surface area contributed by atoms with Crippen LogP contribution >= 0.6 is 12.6 Å². The normalized spacial score (nSPS) is 11.9. The summed E-state index contributed by atoms with van der Waals surface area (Å²) < 4.78 is 0. The zero-order valence-corrected chi connectivity index (χ0v) is 8.90. The Bertz CT molecular complexity index is 270. The van der Waals surface area contributed by atoms with Gasteiger partial charge in [0.15, 0.2) is 6.04 Å². The maximum Gasteiger partial charge on any atom is 0.328 e. The maximum absolute atomic E-state index is 11.0. The van der Waals surface area contributed by atoms with E-state index in [4.69, 9.17) is 10.2 Å². The Hall–Kier alpha value is -1.28. The Morgan fingerprint density at radius 1 is 1.40 bits per heavy atom. The van der Waals surface area contributed by atoms with Gasteiger partial charge in [0.1, 0.15) is 6.54 Å². The summed E-state index contributed by atoms with van der Waals surface area (Å²) >= 11 is 3.77. The minimum absolute atomic E-state index is 0.110. The number of carboxylic acids is 2. The van der Waals surface area contributed by atoms with Gasteiger partial charge in [0.25, 0.3) is 0 Å². The van der Waals surface area contributed by atoms with E-state index in [1.807, 2.05) is 0 Å². The summed E-state index contributed by atoms with van der Waals surface area (Å²) in [5, 5.41) is 17.8. The van der Waals surface area contributed by atoms with E-state index >= 15 is 0 Å². The van der Waals surface area contributed by atoms with Crippen molar-refractivity contribution in [2.24, 2.45) is 0 Å². The highest BCUT2D eigenvalue weighted by Crippen LogP contribution is 1.99. The molecule has 0 aliphatic carbocycles. The highest BCUT2D eigenvalue weighted by Gasteiger charge is 2.26. The number of nitrogens with one attached hydrogen (secondary N) is 1. The molecule has 0 bridgehead atoms. The van der Waals surface area contributed by atoms with Crippen LogP contribution in [0, 0.1) is 0 Å². The fourth-order valence-corrected chi connectivity index (χ4v) is 1.18. The lowest BCUT2D eigenvalue weighted by molar-refractivity contribution is -0.152. The van der Waals surface area contributed by atoms with Crippen molar-refractivity contribution in [3.8, 4) is 0 Å². The van der Waals surface area contributed by atoms with E-state index in [1.165, 1.54) is 0 Å². The molecule has 0 fully saturated rings. The zero-order chi connectivity index (χ0) is 12.0. The van der Waals surface area contributed by atoms with Crippen molar-refractivity contribution in [1.82, 2.24) is 10.4 Å². The number of carboxylic acid groups (broad SMARTS) is 2. The molecular weight excluding hydrogens is 224 g/mol. The molecule has 86 valence electrons. The summed E-state index contributed by atoms with van der Waals surface area (Å²) in [6, 6.07) is -1.19. The number of carbonyl (C=O) groups is 3. The number of hydrogen-bond donors (Lipinski definition) is 4. The summed E-state index contributed by atoms with van der Waals surface area (Å²) in [5.74, 6) is -3.14. The molecule has 8 heteroatoms. The van der Waals surface area contributed by atoms with Crippen molar-refractivity contribution in [2.75, 3.05) is 12.3 Å². The van der Waals surface area contributed by atoms with Crippen molar-refractivity contribution in [3.05, 3.63) is 0 Å². The molecule has 0 aromatic rings. The van der Waals surface area contributed by atoms with Gasteiger partial charge in [-0.25, -0.2) is 10.2 Å². The van der Waals surface area contributed by atoms with E-state index in [2.05, 4.69) is 18.1 Å². The Kier molecular flexibility index (Phi) is 5.72. The standard InChI is InChI=1S/C7H12N2O5S/c1-4(10)9(8-2-6(11)12)5(3-15)7(13)14/h5,8,15H,2-3H2,1H3,(H,11,12)(H,13,14)/t5-/m0/s1. The molecule has 0 spiro atoms. The number of hydrogen-bond acceptors (Lipinski definition) is 5. The third-order valence-corrected chi connectivity index (χ3v) is 1.86. The number of nitrogens with zero attached hydrogens (tertiary/aromatic N) is 1. The highest BCUT2D eigenvalue weighted by atomic mass is 32.1. The summed E-state index contributed by atoms with van der Waals surface area (Å²) in [6.45, 7) is 0.603. The second-order valence-corrected chi connectivity index (χ2v) is 3.02. The van der Waals surface area contributed by atoms with Crippen molar-refractivity contribution < 1.29 is 24.6 Å². The quantitative estimate of drug-likeness (QED) is 0.341. The van der Waals surface area contributed by atoms with Gasteiger partial charge in [-0.15, -0.1) is 0 Å². The number of hydrazine groups is 1. The lowest BCUT2D eigenvalue weighted by Crippen LogP contribution is -2.54. The molecular formula is C7H12N2O5S. The largest absolute Gasteiger partial charge is 0.480 e. The Morgan fingerprint density at radius 2 is 1.93 bits per heavy atom. The minimum atomic E-state index is -1.25. The van der Waals surface area contributed by atoms with E-state index in [-0.39, 0.29) is 5.75 Å². The molecule has 0 saturated carbocycles. The molecule has 0 aromatic heterocycles. The van der Waals surface area contributed by atoms with Gasteiger partial charge in [-0.1, -0.05) is 0 Å². The van der Waals surface area contributed by atoms with Crippen LogP contribution < -0.4 is 5.43 Å². The Morgan fingerprint density at radius 3 is 2.20 bits per heavy atom. The van der Waals surface area contributed by atoms with Crippen molar-refractivity contribution >= 4 is 30.5 Å². The first-order chi connectivity index (χ1) is 6.90. The molecule has 0 heterocycles. The zero-order valence-electron chi connectivity index (χ0n) is 8.01. The Labute approximate surface area is 91.4 Å². The van der Waals surface area contributed by atoms with Gasteiger partial charge in [0, 0.05) is 12.7 Å². The molecule has 0 radical (unpaired) electrons. The molecule has 1 amide bonds. The van der Waals surface area contributed by atoms with Gasteiger partial charge in [0.2, 0.25) is 5.91 Å². The second-order valence-electron chi connectivity index (χ2n) is 2.65. The van der Waals surface area contributed by atoms with Gasteiger partial charge in [-0.2, -0.15) is 12.6 Å². The lowest BCUT2D eigenvalue weighted by atomic mass is 10.3. The van der Waals surface area contributed by atoms with Crippen LogP contribution in [0.2, 0.25) is 0 Å². The molecule has 7 nitrogen and oxygen atoms in total. The number of amides is 1. The van der Waals surface area contributed by atoms with E-state index in [9.17, 15) is 14.4 Å². The van der Waals surface area contributed by atoms with Crippen molar-refractivity contribution in [3.63, 3.8) is 0 Å². The van der Waals surface area contributed by atoms with Crippen LogP contribution in [-0.2, 0) is 14.4 Å². The third-order valence-electron chi connectivity index (χ3n) is 1.51. The predicted octanol–water partition coefficient (Wildman–Crippen LogP) is -1.19. The van der Waals surface area contributed by atoms with E-state index in [0.717, 1.165) is 11.9 Å². The predicted molar refractivity (Wildman–Crippen MR) is 53.4 cm³/mol. The Balaban J connectivity index is 4.55. The van der Waals surface area contributed by atoms with Crippen molar-refractivity contribution in [1.29, 1.82) is 0 Å². The van der Waals surface area contributed by atoms with Crippen LogP contribution in [0.3, 0.4) is 0 Å².